The Morgan fingerprint density at radius 3 is 2.35 bits per heavy atom. The maximum Gasteiger partial charge on any atom is 0.344 e. The van der Waals surface area contributed by atoms with E-state index in [1.54, 1.807) is 44.7 Å². The summed E-state index contributed by atoms with van der Waals surface area (Å²) in [5.41, 5.74) is 2.97. The highest BCUT2D eigenvalue weighted by Crippen LogP contribution is 2.34. The van der Waals surface area contributed by atoms with Crippen LogP contribution in [0.1, 0.15) is 63.9 Å². The van der Waals surface area contributed by atoms with Crippen molar-refractivity contribution >= 4 is 17.6 Å². The average molecular weight is 495 g/mol. The maximum absolute atomic E-state index is 12.9. The zero-order valence-electron chi connectivity index (χ0n) is 21.0. The molecule has 0 aliphatic carbocycles. The second kappa shape index (κ2) is 11.3. The lowest BCUT2D eigenvalue weighted by atomic mass is 10.0. The summed E-state index contributed by atoms with van der Waals surface area (Å²) in [6, 6.07) is 4.63. The Kier molecular flexibility index (Phi) is 9.16. The first-order valence-corrected chi connectivity index (χ1v) is 11.5. The Bertz CT molecular complexity index is 1070. The summed E-state index contributed by atoms with van der Waals surface area (Å²) in [7, 11) is 1.62. The van der Waals surface area contributed by atoms with Crippen molar-refractivity contribution in [1.29, 1.82) is 0 Å². The fraction of sp³-hybridized carbons (Fsp3) is 0.520. The van der Waals surface area contributed by atoms with Gasteiger partial charge in [-0.15, -0.1) is 0 Å². The number of hydrogen-bond donors (Lipinski definition) is 2. The summed E-state index contributed by atoms with van der Waals surface area (Å²) in [6.45, 7) is 11.7. The molecular formula is C25H35ClN2O6. The highest BCUT2D eigenvalue weighted by atomic mass is 35.5. The fourth-order valence-corrected chi connectivity index (χ4v) is 3.36. The predicted molar refractivity (Wildman–Crippen MR) is 133 cm³/mol. The van der Waals surface area contributed by atoms with Gasteiger partial charge in [-0.2, -0.15) is 0 Å². The van der Waals surface area contributed by atoms with Gasteiger partial charge < -0.3 is 24.7 Å². The van der Waals surface area contributed by atoms with Gasteiger partial charge in [-0.05, 0) is 59.2 Å². The molecule has 0 radical (unpaired) electrons. The van der Waals surface area contributed by atoms with Gasteiger partial charge in [0.1, 0.15) is 16.9 Å². The number of nitrogens with one attached hydrogen (secondary N) is 1. The molecule has 0 amide bonds. The van der Waals surface area contributed by atoms with E-state index in [1.807, 2.05) is 20.8 Å². The van der Waals surface area contributed by atoms with Gasteiger partial charge >= 0.3 is 5.97 Å². The number of esters is 1. The molecule has 0 unspecified atom stereocenters. The second-order valence-corrected chi connectivity index (χ2v) is 10.4. The molecule has 1 aromatic carbocycles. The van der Waals surface area contributed by atoms with E-state index in [-0.39, 0.29) is 12.2 Å². The Morgan fingerprint density at radius 2 is 1.79 bits per heavy atom. The average Bonchev–Trinajstić information content (AvgIpc) is 2.70. The van der Waals surface area contributed by atoms with Crippen molar-refractivity contribution in [2.24, 2.45) is 0 Å². The van der Waals surface area contributed by atoms with E-state index in [1.165, 1.54) is 12.3 Å². The lowest BCUT2D eigenvalue weighted by molar-refractivity contribution is 0.00671. The molecule has 0 aliphatic heterocycles. The summed E-state index contributed by atoms with van der Waals surface area (Å²) >= 11 is 6.48. The highest BCUT2D eigenvalue weighted by Gasteiger charge is 2.24. The molecular weight excluding hydrogens is 460 g/mol. The smallest absolute Gasteiger partial charge is 0.344 e. The van der Waals surface area contributed by atoms with Gasteiger partial charge in [-0.3, -0.25) is 9.47 Å². The molecule has 0 atom stereocenters. The molecule has 0 aliphatic rings. The van der Waals surface area contributed by atoms with Crippen molar-refractivity contribution in [3.63, 3.8) is 0 Å². The Balaban J connectivity index is 2.60. The number of methoxy groups -OCH3 is 1. The molecule has 188 valence electrons. The van der Waals surface area contributed by atoms with Crippen molar-refractivity contribution < 1.29 is 24.1 Å². The number of carbonyl (C=O) groups excluding carboxylic acids is 1. The van der Waals surface area contributed by atoms with E-state index in [9.17, 15) is 14.7 Å². The van der Waals surface area contributed by atoms with Crippen LogP contribution in [-0.4, -0.2) is 47.2 Å². The first kappa shape index (κ1) is 27.7. The van der Waals surface area contributed by atoms with Gasteiger partial charge in [0, 0.05) is 43.5 Å². The summed E-state index contributed by atoms with van der Waals surface area (Å²) in [4.78, 5) is 25.6. The van der Waals surface area contributed by atoms with Crippen LogP contribution in [0.3, 0.4) is 0 Å². The van der Waals surface area contributed by atoms with E-state index < -0.39 is 22.5 Å². The molecule has 8 nitrogen and oxygen atoms in total. The molecule has 0 saturated carbocycles. The molecule has 9 heteroatoms. The summed E-state index contributed by atoms with van der Waals surface area (Å²) < 4.78 is 17.8. The zero-order chi connectivity index (χ0) is 25.7. The summed E-state index contributed by atoms with van der Waals surface area (Å²) in [5.74, 6) is -0.289. The number of rotatable bonds is 9. The molecule has 0 fully saturated rings. The normalized spacial score (nSPS) is 11.9. The molecule has 2 rings (SSSR count). The van der Waals surface area contributed by atoms with Crippen molar-refractivity contribution in [3.05, 3.63) is 50.8 Å². The highest BCUT2D eigenvalue weighted by molar-refractivity contribution is 6.32. The van der Waals surface area contributed by atoms with Crippen LogP contribution in [0.25, 0.3) is 11.3 Å². The van der Waals surface area contributed by atoms with Crippen molar-refractivity contribution in [1.82, 2.24) is 4.68 Å². The van der Waals surface area contributed by atoms with Crippen LogP contribution in [0.4, 0.5) is 0 Å². The number of benzene rings is 1. The van der Waals surface area contributed by atoms with Crippen LogP contribution in [-0.2, 0) is 16.1 Å². The Labute approximate surface area is 205 Å². The van der Waals surface area contributed by atoms with Gasteiger partial charge in [-0.25, -0.2) is 4.79 Å². The largest absolute Gasteiger partial charge is 0.492 e. The molecule has 34 heavy (non-hydrogen) atoms. The van der Waals surface area contributed by atoms with Gasteiger partial charge in [0.25, 0.3) is 0 Å². The first-order chi connectivity index (χ1) is 15.8. The number of aliphatic hydroxyl groups is 1. The topological polar surface area (TPSA) is 99.0 Å². The minimum Gasteiger partial charge on any atom is -0.492 e. The zero-order valence-corrected chi connectivity index (χ0v) is 21.7. The molecule has 1 aromatic heterocycles. The molecule has 1 heterocycles. The number of hydrogen-bond acceptors (Lipinski definition) is 7. The number of carbonyl (C=O) groups is 1. The number of nitrogens with zero attached hydrogens (tertiary/aromatic N) is 1. The predicted octanol–water partition coefficient (Wildman–Crippen LogP) is 4.37. The fourth-order valence-electron chi connectivity index (χ4n) is 3.14. The van der Waals surface area contributed by atoms with Gasteiger partial charge in [0.2, 0.25) is 0 Å². The van der Waals surface area contributed by atoms with E-state index in [0.717, 1.165) is 0 Å². The SMILES string of the molecule is COCCCOc1cc(CO)c(-c2cc(=O)c(C(=O)OC(C)(C)C)cn2NC(C)(C)C)cc1Cl. The minimum atomic E-state index is -0.749. The third-order valence-electron chi connectivity index (χ3n) is 4.48. The van der Waals surface area contributed by atoms with Gasteiger partial charge in [0.15, 0.2) is 5.43 Å². The van der Waals surface area contributed by atoms with Crippen LogP contribution in [0.5, 0.6) is 5.75 Å². The number of halogens is 1. The Morgan fingerprint density at radius 1 is 1.12 bits per heavy atom. The lowest BCUT2D eigenvalue weighted by Gasteiger charge is -2.28. The third-order valence-corrected chi connectivity index (χ3v) is 4.78. The molecule has 2 N–H and O–H groups in total. The standard InChI is InChI=1S/C25H35ClN2O6/c1-24(2,3)27-28-14-18(23(31)34-25(4,5)6)21(30)13-20(28)17-12-19(26)22(11-16(17)15-29)33-10-8-9-32-7/h11-14,27,29H,8-10,15H2,1-7H3. The first-order valence-electron chi connectivity index (χ1n) is 11.1. The van der Waals surface area contributed by atoms with Crippen molar-refractivity contribution in [2.45, 2.75) is 65.7 Å². The van der Waals surface area contributed by atoms with E-state index in [4.69, 9.17) is 25.8 Å². The third kappa shape index (κ3) is 7.75. The second-order valence-electron chi connectivity index (χ2n) is 9.96. The van der Waals surface area contributed by atoms with Crippen molar-refractivity contribution in [2.75, 3.05) is 25.7 Å². The molecule has 0 spiro atoms. The number of pyridine rings is 1. The van der Waals surface area contributed by atoms with Crippen LogP contribution in [0.2, 0.25) is 5.02 Å². The number of aromatic nitrogens is 1. The molecule has 0 saturated heterocycles. The van der Waals surface area contributed by atoms with Crippen LogP contribution >= 0.6 is 11.6 Å². The van der Waals surface area contributed by atoms with Crippen LogP contribution in [0.15, 0.2) is 29.2 Å². The van der Waals surface area contributed by atoms with E-state index in [2.05, 4.69) is 5.43 Å². The molecule has 0 bridgehead atoms. The quantitative estimate of drug-likeness (QED) is 0.394. The monoisotopic (exact) mass is 494 g/mol. The van der Waals surface area contributed by atoms with Crippen LogP contribution in [0, 0.1) is 0 Å². The Hall–Kier alpha value is -2.55. The van der Waals surface area contributed by atoms with Gasteiger partial charge in [-0.1, -0.05) is 11.6 Å². The molecule has 2 aromatic rings. The number of aliphatic hydroxyl groups excluding tert-OH is 1. The summed E-state index contributed by atoms with van der Waals surface area (Å²) in [5, 5.41) is 10.4. The minimum absolute atomic E-state index is 0.106. The van der Waals surface area contributed by atoms with Crippen molar-refractivity contribution in [3.8, 4) is 17.0 Å². The van der Waals surface area contributed by atoms with Crippen LogP contribution < -0.4 is 15.6 Å². The summed E-state index contributed by atoms with van der Waals surface area (Å²) in [6.07, 6.45) is 2.10. The van der Waals surface area contributed by atoms with E-state index in [0.29, 0.717) is 47.2 Å². The number of ether oxygens (including phenoxy) is 3. The van der Waals surface area contributed by atoms with E-state index >= 15 is 0 Å². The van der Waals surface area contributed by atoms with Gasteiger partial charge in [0.05, 0.1) is 23.9 Å². The maximum atomic E-state index is 12.9. The lowest BCUT2D eigenvalue weighted by Crippen LogP contribution is -2.37.